The first-order valence-electron chi connectivity index (χ1n) is 4.19. The summed E-state index contributed by atoms with van der Waals surface area (Å²) in [5.74, 6) is 0. The molecule has 2 N–H and O–H groups in total. The van der Waals surface area contributed by atoms with Gasteiger partial charge in [-0.25, -0.2) is 4.79 Å². The standard InChI is InChI=1S/C8H15N3O/c1-2-3-10-8(12)11-6-4-9-5-7-11/h2,9H,1,3-7H2,(H,10,12). The fraction of sp³-hybridized carbons (Fsp3) is 0.625. The highest BCUT2D eigenvalue weighted by atomic mass is 16.2. The Morgan fingerprint density at radius 2 is 2.25 bits per heavy atom. The summed E-state index contributed by atoms with van der Waals surface area (Å²) in [5.41, 5.74) is 0. The Kier molecular flexibility index (Phi) is 3.60. The second kappa shape index (κ2) is 4.77. The molecule has 4 nitrogen and oxygen atoms in total. The van der Waals surface area contributed by atoms with Gasteiger partial charge in [-0.1, -0.05) is 6.08 Å². The molecular formula is C8H15N3O. The van der Waals surface area contributed by atoms with Crippen LogP contribution in [0.1, 0.15) is 0 Å². The number of rotatable bonds is 2. The zero-order chi connectivity index (χ0) is 8.81. The highest BCUT2D eigenvalue weighted by Gasteiger charge is 2.14. The monoisotopic (exact) mass is 169 g/mol. The van der Waals surface area contributed by atoms with Crippen LogP contribution in [-0.4, -0.2) is 43.7 Å². The minimum atomic E-state index is 0.0106. The van der Waals surface area contributed by atoms with Gasteiger partial charge >= 0.3 is 6.03 Å². The Bertz CT molecular complexity index is 164. The summed E-state index contributed by atoms with van der Waals surface area (Å²) < 4.78 is 0. The van der Waals surface area contributed by atoms with Crippen LogP contribution in [0.15, 0.2) is 12.7 Å². The lowest BCUT2D eigenvalue weighted by molar-refractivity contribution is 0.191. The van der Waals surface area contributed by atoms with Crippen LogP contribution in [0.5, 0.6) is 0 Å². The molecule has 1 saturated heterocycles. The van der Waals surface area contributed by atoms with Crippen molar-refractivity contribution in [1.29, 1.82) is 0 Å². The number of hydrogen-bond donors (Lipinski definition) is 2. The summed E-state index contributed by atoms with van der Waals surface area (Å²) in [4.78, 5) is 13.1. The fourth-order valence-electron chi connectivity index (χ4n) is 1.14. The van der Waals surface area contributed by atoms with E-state index in [1.165, 1.54) is 0 Å². The van der Waals surface area contributed by atoms with Crippen LogP contribution in [0, 0.1) is 0 Å². The number of amides is 2. The SMILES string of the molecule is C=CCNC(=O)N1CCNCC1. The van der Waals surface area contributed by atoms with Gasteiger partial charge in [0, 0.05) is 32.7 Å². The lowest BCUT2D eigenvalue weighted by Crippen LogP contribution is -2.50. The number of piperazine rings is 1. The van der Waals surface area contributed by atoms with Gasteiger partial charge in [-0.15, -0.1) is 6.58 Å². The molecule has 0 atom stereocenters. The number of urea groups is 1. The lowest BCUT2D eigenvalue weighted by atomic mass is 10.4. The largest absolute Gasteiger partial charge is 0.335 e. The Morgan fingerprint density at radius 1 is 1.58 bits per heavy atom. The minimum absolute atomic E-state index is 0.0106. The zero-order valence-corrected chi connectivity index (χ0v) is 7.18. The lowest BCUT2D eigenvalue weighted by Gasteiger charge is -2.27. The van der Waals surface area contributed by atoms with Crippen molar-refractivity contribution >= 4 is 6.03 Å². The van der Waals surface area contributed by atoms with E-state index in [1.54, 1.807) is 11.0 Å². The van der Waals surface area contributed by atoms with Gasteiger partial charge in [-0.2, -0.15) is 0 Å². The number of carbonyl (C=O) groups excluding carboxylic acids is 1. The smallest absolute Gasteiger partial charge is 0.317 e. The second-order valence-corrected chi connectivity index (χ2v) is 2.71. The second-order valence-electron chi connectivity index (χ2n) is 2.71. The van der Waals surface area contributed by atoms with Crippen LogP contribution in [0.2, 0.25) is 0 Å². The Labute approximate surface area is 72.6 Å². The molecule has 1 fully saturated rings. The van der Waals surface area contributed by atoms with Crippen LogP contribution in [0.3, 0.4) is 0 Å². The van der Waals surface area contributed by atoms with Gasteiger partial charge < -0.3 is 15.5 Å². The third-order valence-corrected chi connectivity index (χ3v) is 1.80. The minimum Gasteiger partial charge on any atom is -0.335 e. The van der Waals surface area contributed by atoms with Gasteiger partial charge in [-0.05, 0) is 0 Å². The molecule has 0 unspecified atom stereocenters. The summed E-state index contributed by atoms with van der Waals surface area (Å²) in [6.45, 7) is 7.45. The third-order valence-electron chi connectivity index (χ3n) is 1.80. The predicted molar refractivity (Wildman–Crippen MR) is 48.0 cm³/mol. The van der Waals surface area contributed by atoms with E-state index in [0.29, 0.717) is 6.54 Å². The number of nitrogens with zero attached hydrogens (tertiary/aromatic N) is 1. The molecule has 0 bridgehead atoms. The van der Waals surface area contributed by atoms with E-state index < -0.39 is 0 Å². The quantitative estimate of drug-likeness (QED) is 0.562. The molecule has 0 spiro atoms. The first-order valence-corrected chi connectivity index (χ1v) is 4.19. The predicted octanol–water partition coefficient (Wildman–Crippen LogP) is -0.213. The zero-order valence-electron chi connectivity index (χ0n) is 7.18. The third kappa shape index (κ3) is 2.54. The fourth-order valence-corrected chi connectivity index (χ4v) is 1.14. The maximum atomic E-state index is 11.3. The molecule has 1 aliphatic rings. The van der Waals surface area contributed by atoms with Gasteiger partial charge in [0.25, 0.3) is 0 Å². The molecule has 0 aromatic heterocycles. The summed E-state index contributed by atoms with van der Waals surface area (Å²) in [7, 11) is 0. The first kappa shape index (κ1) is 9.06. The average molecular weight is 169 g/mol. The van der Waals surface area contributed by atoms with E-state index in [9.17, 15) is 4.79 Å². The van der Waals surface area contributed by atoms with Crippen molar-refractivity contribution in [1.82, 2.24) is 15.5 Å². The van der Waals surface area contributed by atoms with E-state index in [0.717, 1.165) is 26.2 Å². The number of hydrogen-bond acceptors (Lipinski definition) is 2. The molecule has 1 aliphatic heterocycles. The maximum Gasteiger partial charge on any atom is 0.317 e. The van der Waals surface area contributed by atoms with E-state index in [-0.39, 0.29) is 6.03 Å². The van der Waals surface area contributed by atoms with Gasteiger partial charge in [0.05, 0.1) is 0 Å². The summed E-state index contributed by atoms with van der Waals surface area (Å²) in [6.07, 6.45) is 1.68. The topological polar surface area (TPSA) is 44.4 Å². The average Bonchev–Trinajstić information content (AvgIpc) is 2.15. The maximum absolute atomic E-state index is 11.3. The molecule has 0 radical (unpaired) electrons. The highest BCUT2D eigenvalue weighted by molar-refractivity contribution is 5.74. The van der Waals surface area contributed by atoms with E-state index in [4.69, 9.17) is 0 Å². The van der Waals surface area contributed by atoms with Crippen LogP contribution in [0.4, 0.5) is 4.79 Å². The highest BCUT2D eigenvalue weighted by Crippen LogP contribution is 1.91. The van der Waals surface area contributed by atoms with Crippen molar-refractivity contribution in [3.63, 3.8) is 0 Å². The number of carbonyl (C=O) groups is 1. The number of nitrogens with one attached hydrogen (secondary N) is 2. The first-order chi connectivity index (χ1) is 5.84. The van der Waals surface area contributed by atoms with Gasteiger partial charge in [0.2, 0.25) is 0 Å². The van der Waals surface area contributed by atoms with Crippen LogP contribution in [0.25, 0.3) is 0 Å². The van der Waals surface area contributed by atoms with Gasteiger partial charge in [0.15, 0.2) is 0 Å². The molecular weight excluding hydrogens is 154 g/mol. The van der Waals surface area contributed by atoms with Crippen molar-refractivity contribution in [2.24, 2.45) is 0 Å². The molecule has 2 amide bonds. The van der Waals surface area contributed by atoms with Crippen molar-refractivity contribution in [3.8, 4) is 0 Å². The van der Waals surface area contributed by atoms with Crippen LogP contribution < -0.4 is 10.6 Å². The molecule has 1 heterocycles. The molecule has 0 aromatic carbocycles. The van der Waals surface area contributed by atoms with Crippen molar-refractivity contribution in [3.05, 3.63) is 12.7 Å². The molecule has 4 heteroatoms. The van der Waals surface area contributed by atoms with Crippen molar-refractivity contribution in [2.45, 2.75) is 0 Å². The van der Waals surface area contributed by atoms with Gasteiger partial charge in [-0.3, -0.25) is 0 Å². The Hall–Kier alpha value is -1.03. The van der Waals surface area contributed by atoms with Crippen LogP contribution in [-0.2, 0) is 0 Å². The molecule has 1 rings (SSSR count). The molecule has 68 valence electrons. The summed E-state index contributed by atoms with van der Waals surface area (Å²) in [6, 6.07) is 0.0106. The molecule has 12 heavy (non-hydrogen) atoms. The van der Waals surface area contributed by atoms with Crippen molar-refractivity contribution in [2.75, 3.05) is 32.7 Å². The summed E-state index contributed by atoms with van der Waals surface area (Å²) >= 11 is 0. The van der Waals surface area contributed by atoms with Crippen LogP contribution >= 0.6 is 0 Å². The van der Waals surface area contributed by atoms with Crippen molar-refractivity contribution < 1.29 is 4.79 Å². The Balaban J connectivity index is 2.24. The Morgan fingerprint density at radius 3 is 2.83 bits per heavy atom. The van der Waals surface area contributed by atoms with E-state index in [1.807, 2.05) is 0 Å². The van der Waals surface area contributed by atoms with Gasteiger partial charge in [0.1, 0.15) is 0 Å². The molecule has 0 saturated carbocycles. The molecule has 0 aliphatic carbocycles. The van der Waals surface area contributed by atoms with E-state index in [2.05, 4.69) is 17.2 Å². The molecule has 0 aromatic rings. The normalized spacial score (nSPS) is 17.2. The summed E-state index contributed by atoms with van der Waals surface area (Å²) in [5, 5.41) is 5.93. The van der Waals surface area contributed by atoms with E-state index >= 15 is 0 Å².